The molecule has 0 amide bonds. The Morgan fingerprint density at radius 1 is 0.862 bits per heavy atom. The zero-order chi connectivity index (χ0) is 20.5. The molecule has 0 bridgehead atoms. The first-order valence-electron chi connectivity index (χ1n) is 9.91. The molecular formula is C26H24O3. The topological polar surface area (TPSA) is 57.5 Å². The fourth-order valence-corrected chi connectivity index (χ4v) is 4.05. The van der Waals surface area contributed by atoms with E-state index in [2.05, 4.69) is 6.07 Å². The summed E-state index contributed by atoms with van der Waals surface area (Å²) in [7, 11) is 0. The normalized spacial score (nSPS) is 13.7. The number of phenolic OH excluding ortho intramolecular Hbond substituents is 2. The first-order valence-corrected chi connectivity index (χ1v) is 9.91. The van der Waals surface area contributed by atoms with E-state index in [4.69, 9.17) is 0 Å². The van der Waals surface area contributed by atoms with Crippen molar-refractivity contribution < 1.29 is 15.0 Å². The van der Waals surface area contributed by atoms with Crippen LogP contribution in [0.25, 0.3) is 11.1 Å². The van der Waals surface area contributed by atoms with E-state index in [1.54, 1.807) is 19.1 Å². The van der Waals surface area contributed by atoms with Gasteiger partial charge in [-0.3, -0.25) is 4.79 Å². The van der Waals surface area contributed by atoms with Gasteiger partial charge in [-0.2, -0.15) is 0 Å². The minimum Gasteiger partial charge on any atom is -0.508 e. The molecule has 0 heterocycles. The lowest BCUT2D eigenvalue weighted by molar-refractivity contribution is 0.101. The second kappa shape index (κ2) is 7.59. The number of hydrogen-bond donors (Lipinski definition) is 2. The Balaban J connectivity index is 2.00. The van der Waals surface area contributed by atoms with Crippen molar-refractivity contribution in [3.63, 3.8) is 0 Å². The second-order valence-electron chi connectivity index (χ2n) is 7.68. The van der Waals surface area contributed by atoms with E-state index in [1.807, 2.05) is 49.4 Å². The summed E-state index contributed by atoms with van der Waals surface area (Å²) in [6.07, 6.45) is 2.71. The van der Waals surface area contributed by atoms with Crippen LogP contribution in [0.3, 0.4) is 0 Å². The fourth-order valence-electron chi connectivity index (χ4n) is 4.05. The molecule has 0 aliphatic heterocycles. The summed E-state index contributed by atoms with van der Waals surface area (Å²) in [5, 5.41) is 20.1. The molecule has 3 aromatic rings. The van der Waals surface area contributed by atoms with Crippen LogP contribution < -0.4 is 0 Å². The summed E-state index contributed by atoms with van der Waals surface area (Å²) in [5.74, 6) is 0.581. The lowest BCUT2D eigenvalue weighted by Crippen LogP contribution is -1.99. The quantitative estimate of drug-likeness (QED) is 0.552. The first kappa shape index (κ1) is 19.0. The highest BCUT2D eigenvalue weighted by atomic mass is 16.3. The van der Waals surface area contributed by atoms with Gasteiger partial charge in [0.15, 0.2) is 5.78 Å². The largest absolute Gasteiger partial charge is 0.508 e. The van der Waals surface area contributed by atoms with Gasteiger partial charge in [-0.1, -0.05) is 36.4 Å². The third kappa shape index (κ3) is 3.68. The van der Waals surface area contributed by atoms with E-state index in [-0.39, 0.29) is 17.3 Å². The summed E-state index contributed by atoms with van der Waals surface area (Å²) >= 11 is 0. The molecule has 0 saturated carbocycles. The van der Waals surface area contributed by atoms with Gasteiger partial charge in [0.2, 0.25) is 0 Å². The number of allylic oxidation sites excluding steroid dienone is 1. The number of phenols is 2. The maximum Gasteiger partial charge on any atom is 0.159 e. The van der Waals surface area contributed by atoms with E-state index < -0.39 is 0 Å². The maximum absolute atomic E-state index is 11.9. The molecule has 4 rings (SSSR count). The van der Waals surface area contributed by atoms with Gasteiger partial charge in [0.1, 0.15) is 11.5 Å². The number of fused-ring (bicyclic) bond motifs is 1. The number of aryl methyl sites for hydroxylation is 2. The van der Waals surface area contributed by atoms with Gasteiger partial charge >= 0.3 is 0 Å². The van der Waals surface area contributed by atoms with Crippen LogP contribution in [0.5, 0.6) is 11.5 Å². The number of aromatic hydroxyl groups is 2. The number of ketones is 1. The molecule has 0 spiro atoms. The monoisotopic (exact) mass is 384 g/mol. The summed E-state index contributed by atoms with van der Waals surface area (Å²) < 4.78 is 0. The van der Waals surface area contributed by atoms with Crippen LogP contribution in [-0.4, -0.2) is 16.0 Å². The van der Waals surface area contributed by atoms with Crippen molar-refractivity contribution in [2.45, 2.75) is 33.1 Å². The third-order valence-corrected chi connectivity index (χ3v) is 5.67. The van der Waals surface area contributed by atoms with E-state index in [9.17, 15) is 15.0 Å². The van der Waals surface area contributed by atoms with Crippen LogP contribution in [0, 0.1) is 6.92 Å². The van der Waals surface area contributed by atoms with Crippen molar-refractivity contribution in [3.05, 3.63) is 94.0 Å². The molecule has 3 aromatic carbocycles. The number of carbonyl (C=O) groups excluding carboxylic acids is 1. The van der Waals surface area contributed by atoms with Crippen LogP contribution in [-0.2, 0) is 6.42 Å². The number of carbonyl (C=O) groups is 1. The summed E-state index contributed by atoms with van der Waals surface area (Å²) in [4.78, 5) is 11.9. The highest BCUT2D eigenvalue weighted by molar-refractivity contribution is 6.01. The summed E-state index contributed by atoms with van der Waals surface area (Å²) in [6, 6.07) is 19.0. The second-order valence-corrected chi connectivity index (χ2v) is 7.68. The van der Waals surface area contributed by atoms with Crippen molar-refractivity contribution in [1.82, 2.24) is 0 Å². The summed E-state index contributed by atoms with van der Waals surface area (Å²) in [6.45, 7) is 3.48. The van der Waals surface area contributed by atoms with Gasteiger partial charge in [0, 0.05) is 5.56 Å². The van der Waals surface area contributed by atoms with Gasteiger partial charge in [0.25, 0.3) is 0 Å². The van der Waals surface area contributed by atoms with Crippen molar-refractivity contribution in [2.24, 2.45) is 0 Å². The zero-order valence-electron chi connectivity index (χ0n) is 16.7. The standard InChI is InChI=1S/C26H24O3/c1-16-6-7-21(15-25(16)29)23-5-3-4-20-14-19(17(2)27)10-13-24(20)26(23)18-8-11-22(28)12-9-18/h6-15,28-29H,3-5H2,1-2H3. The van der Waals surface area contributed by atoms with Crippen LogP contribution in [0.1, 0.15) is 57.9 Å². The molecule has 29 heavy (non-hydrogen) atoms. The average molecular weight is 384 g/mol. The number of Topliss-reactive ketones (excluding diaryl/α,β-unsaturated/α-hetero) is 1. The van der Waals surface area contributed by atoms with Crippen LogP contribution in [0.4, 0.5) is 0 Å². The van der Waals surface area contributed by atoms with Crippen LogP contribution in [0.15, 0.2) is 60.7 Å². The zero-order valence-corrected chi connectivity index (χ0v) is 16.7. The third-order valence-electron chi connectivity index (χ3n) is 5.67. The van der Waals surface area contributed by atoms with Crippen molar-refractivity contribution >= 4 is 16.9 Å². The predicted molar refractivity (Wildman–Crippen MR) is 116 cm³/mol. The Bertz CT molecular complexity index is 1120. The number of hydrogen-bond acceptors (Lipinski definition) is 3. The molecule has 0 atom stereocenters. The molecule has 0 radical (unpaired) electrons. The lowest BCUT2D eigenvalue weighted by Gasteiger charge is -2.17. The molecule has 3 nitrogen and oxygen atoms in total. The number of rotatable bonds is 3. The Morgan fingerprint density at radius 2 is 1.59 bits per heavy atom. The molecule has 146 valence electrons. The van der Waals surface area contributed by atoms with Gasteiger partial charge < -0.3 is 10.2 Å². The van der Waals surface area contributed by atoms with E-state index in [0.29, 0.717) is 0 Å². The van der Waals surface area contributed by atoms with Crippen LogP contribution in [0.2, 0.25) is 0 Å². The summed E-state index contributed by atoms with van der Waals surface area (Å²) in [5.41, 5.74) is 8.11. The minimum atomic E-state index is 0.0656. The van der Waals surface area contributed by atoms with Crippen LogP contribution >= 0.6 is 0 Å². The Kier molecular flexibility index (Phi) is 4.98. The molecule has 0 unspecified atom stereocenters. The fraction of sp³-hybridized carbons (Fsp3) is 0.192. The van der Waals surface area contributed by atoms with E-state index >= 15 is 0 Å². The van der Waals surface area contributed by atoms with Crippen molar-refractivity contribution in [1.29, 1.82) is 0 Å². The first-order chi connectivity index (χ1) is 13.9. The van der Waals surface area contributed by atoms with E-state index in [1.165, 1.54) is 5.57 Å². The highest BCUT2D eigenvalue weighted by Gasteiger charge is 2.21. The molecule has 0 fully saturated rings. The average Bonchev–Trinajstić information content (AvgIpc) is 2.89. The van der Waals surface area contributed by atoms with Gasteiger partial charge in [0.05, 0.1) is 0 Å². The molecular weight excluding hydrogens is 360 g/mol. The smallest absolute Gasteiger partial charge is 0.159 e. The Labute approximate surface area is 171 Å². The maximum atomic E-state index is 11.9. The molecule has 1 aliphatic rings. The van der Waals surface area contributed by atoms with Crippen molar-refractivity contribution in [3.8, 4) is 11.5 Å². The molecule has 2 N–H and O–H groups in total. The number of benzene rings is 3. The SMILES string of the molecule is CC(=O)c1ccc2c(c1)CCCC(c1ccc(C)c(O)c1)=C2c1ccc(O)cc1. The Morgan fingerprint density at radius 3 is 2.28 bits per heavy atom. The van der Waals surface area contributed by atoms with Gasteiger partial charge in [-0.15, -0.1) is 0 Å². The predicted octanol–water partition coefficient (Wildman–Crippen LogP) is 5.90. The molecule has 0 saturated heterocycles. The Hall–Kier alpha value is -3.33. The molecule has 1 aliphatic carbocycles. The minimum absolute atomic E-state index is 0.0656. The van der Waals surface area contributed by atoms with Gasteiger partial charge in [-0.05, 0) is 96.3 Å². The highest BCUT2D eigenvalue weighted by Crippen LogP contribution is 2.41. The van der Waals surface area contributed by atoms with Crippen molar-refractivity contribution in [2.75, 3.05) is 0 Å². The molecule has 0 aromatic heterocycles. The lowest BCUT2D eigenvalue weighted by atomic mass is 9.87. The van der Waals surface area contributed by atoms with Gasteiger partial charge in [-0.25, -0.2) is 0 Å². The molecule has 3 heteroatoms. The van der Waals surface area contributed by atoms with E-state index in [0.717, 1.165) is 58.2 Å².